The predicted octanol–water partition coefficient (Wildman–Crippen LogP) is 13.7. The maximum absolute atomic E-state index is 5.12. The highest BCUT2D eigenvalue weighted by molar-refractivity contribution is 7.27. The fourth-order valence-corrected chi connectivity index (χ4v) is 9.33. The molecular formula is C51H32N4S. The zero-order valence-corrected chi connectivity index (χ0v) is 31.0. The molecule has 0 spiro atoms. The van der Waals surface area contributed by atoms with Crippen LogP contribution in [-0.4, -0.2) is 19.5 Å². The Morgan fingerprint density at radius 3 is 1.54 bits per heavy atom. The number of nitrogens with zero attached hydrogens (tertiary/aromatic N) is 4. The van der Waals surface area contributed by atoms with Crippen LogP contribution in [0.5, 0.6) is 0 Å². The van der Waals surface area contributed by atoms with Crippen LogP contribution in [0.15, 0.2) is 194 Å². The Morgan fingerprint density at radius 2 is 0.839 bits per heavy atom. The highest BCUT2D eigenvalue weighted by Crippen LogP contribution is 2.45. The van der Waals surface area contributed by atoms with E-state index in [0.717, 1.165) is 27.1 Å². The lowest BCUT2D eigenvalue weighted by Gasteiger charge is -2.11. The summed E-state index contributed by atoms with van der Waals surface area (Å²) in [5.74, 6) is 1.98. The maximum atomic E-state index is 5.12. The molecule has 5 heteroatoms. The zero-order chi connectivity index (χ0) is 37.0. The van der Waals surface area contributed by atoms with Gasteiger partial charge in [-0.25, -0.2) is 15.0 Å². The second-order valence-corrected chi connectivity index (χ2v) is 15.0. The van der Waals surface area contributed by atoms with Crippen molar-refractivity contribution in [3.8, 4) is 62.1 Å². The van der Waals surface area contributed by atoms with Crippen LogP contribution >= 0.6 is 11.3 Å². The molecule has 3 aromatic heterocycles. The molecule has 11 rings (SSSR count). The quantitative estimate of drug-likeness (QED) is 0.171. The van der Waals surface area contributed by atoms with Crippen molar-refractivity contribution in [2.24, 2.45) is 0 Å². The highest BCUT2D eigenvalue weighted by atomic mass is 32.1. The number of para-hydroxylation sites is 1. The molecule has 0 aliphatic heterocycles. The summed E-state index contributed by atoms with van der Waals surface area (Å²) in [5.41, 5.74) is 11.2. The molecule has 262 valence electrons. The van der Waals surface area contributed by atoms with Gasteiger partial charge in [0.2, 0.25) is 0 Å². The lowest BCUT2D eigenvalue weighted by Crippen LogP contribution is -2.00. The molecule has 0 radical (unpaired) electrons. The molecule has 3 heterocycles. The van der Waals surface area contributed by atoms with Gasteiger partial charge < -0.3 is 4.57 Å². The molecule has 8 aromatic carbocycles. The molecule has 56 heavy (non-hydrogen) atoms. The number of fused-ring (bicyclic) bond motifs is 7. The van der Waals surface area contributed by atoms with Crippen molar-refractivity contribution in [3.05, 3.63) is 194 Å². The van der Waals surface area contributed by atoms with E-state index in [1.807, 2.05) is 47.7 Å². The van der Waals surface area contributed by atoms with E-state index in [1.54, 1.807) is 0 Å². The summed E-state index contributed by atoms with van der Waals surface area (Å²) in [6, 6.07) is 68.6. The normalized spacial score (nSPS) is 11.6. The molecular weight excluding hydrogens is 701 g/mol. The standard InChI is InChI=1S/C51H32N4S/c1-4-14-33(15-5-1)34-26-28-35(29-27-34)38-20-12-21-39(32-38)55-45-25-11-10-22-40(45)41-30-31-43-42-23-13-24-44(47(42)56-48(43)46(41)55)51-53-49(36-16-6-2-7-17-36)52-50(54-51)37-18-8-3-9-19-37/h1-32H. The molecule has 0 unspecified atom stereocenters. The smallest absolute Gasteiger partial charge is 0.165 e. The molecule has 0 atom stereocenters. The van der Waals surface area contributed by atoms with Gasteiger partial charge in [0, 0.05) is 48.6 Å². The number of hydrogen-bond acceptors (Lipinski definition) is 4. The third-order valence-corrected chi connectivity index (χ3v) is 11.9. The second-order valence-electron chi connectivity index (χ2n) is 14.0. The Hall–Kier alpha value is -7.21. The van der Waals surface area contributed by atoms with Crippen LogP contribution in [0.4, 0.5) is 0 Å². The van der Waals surface area contributed by atoms with Crippen molar-refractivity contribution in [1.29, 1.82) is 0 Å². The second kappa shape index (κ2) is 13.3. The van der Waals surface area contributed by atoms with E-state index in [4.69, 9.17) is 15.0 Å². The first-order valence-electron chi connectivity index (χ1n) is 18.8. The van der Waals surface area contributed by atoms with Crippen LogP contribution in [0.1, 0.15) is 0 Å². The molecule has 0 amide bonds. The topological polar surface area (TPSA) is 43.6 Å². The van der Waals surface area contributed by atoms with Crippen molar-refractivity contribution in [1.82, 2.24) is 19.5 Å². The number of thiophene rings is 1. The summed E-state index contributed by atoms with van der Waals surface area (Å²) < 4.78 is 4.84. The molecule has 0 fully saturated rings. The van der Waals surface area contributed by atoms with E-state index in [9.17, 15) is 0 Å². The van der Waals surface area contributed by atoms with Gasteiger partial charge in [-0.2, -0.15) is 0 Å². The molecule has 4 nitrogen and oxygen atoms in total. The van der Waals surface area contributed by atoms with Crippen LogP contribution in [0.3, 0.4) is 0 Å². The average molecular weight is 733 g/mol. The van der Waals surface area contributed by atoms with Crippen LogP contribution in [-0.2, 0) is 0 Å². The zero-order valence-electron chi connectivity index (χ0n) is 30.2. The summed E-state index contributed by atoms with van der Waals surface area (Å²) in [5, 5.41) is 4.88. The third-order valence-electron chi connectivity index (χ3n) is 10.7. The van der Waals surface area contributed by atoms with Crippen LogP contribution in [0, 0.1) is 0 Å². The molecule has 0 bridgehead atoms. The summed E-state index contributed by atoms with van der Waals surface area (Å²) in [6.45, 7) is 0. The average Bonchev–Trinajstić information content (AvgIpc) is 3.84. The molecule has 0 saturated heterocycles. The minimum Gasteiger partial charge on any atom is -0.308 e. The third kappa shape index (κ3) is 5.40. The van der Waals surface area contributed by atoms with Crippen molar-refractivity contribution in [3.63, 3.8) is 0 Å². The Balaban J connectivity index is 1.11. The number of rotatable bonds is 6. The molecule has 0 saturated carbocycles. The van der Waals surface area contributed by atoms with E-state index in [2.05, 4.69) is 162 Å². The highest BCUT2D eigenvalue weighted by Gasteiger charge is 2.21. The molecule has 0 N–H and O–H groups in total. The van der Waals surface area contributed by atoms with Crippen LogP contribution < -0.4 is 0 Å². The minimum atomic E-state index is 0.657. The molecule has 0 aliphatic carbocycles. The van der Waals surface area contributed by atoms with Crippen molar-refractivity contribution in [2.45, 2.75) is 0 Å². The first kappa shape index (κ1) is 32.2. The summed E-state index contributed by atoms with van der Waals surface area (Å²) >= 11 is 1.82. The molecule has 0 aliphatic rings. The van der Waals surface area contributed by atoms with Gasteiger partial charge in [0.1, 0.15) is 0 Å². The van der Waals surface area contributed by atoms with Gasteiger partial charge in [0.25, 0.3) is 0 Å². The monoisotopic (exact) mass is 732 g/mol. The van der Waals surface area contributed by atoms with Crippen molar-refractivity contribution >= 4 is 53.3 Å². The van der Waals surface area contributed by atoms with E-state index in [0.29, 0.717) is 17.5 Å². The Morgan fingerprint density at radius 1 is 0.339 bits per heavy atom. The fraction of sp³-hybridized carbons (Fsp3) is 0. The summed E-state index contributed by atoms with van der Waals surface area (Å²) in [6.07, 6.45) is 0. The Labute approximate surface area is 327 Å². The predicted molar refractivity (Wildman–Crippen MR) is 234 cm³/mol. The van der Waals surface area contributed by atoms with E-state index in [-0.39, 0.29) is 0 Å². The summed E-state index contributed by atoms with van der Waals surface area (Å²) in [4.78, 5) is 15.2. The van der Waals surface area contributed by atoms with Gasteiger partial charge in [-0.3, -0.25) is 0 Å². The molecule has 11 aromatic rings. The lowest BCUT2D eigenvalue weighted by atomic mass is 10.00. The maximum Gasteiger partial charge on any atom is 0.165 e. The number of hydrogen-bond donors (Lipinski definition) is 0. The number of benzene rings is 8. The van der Waals surface area contributed by atoms with Crippen LogP contribution in [0.2, 0.25) is 0 Å². The van der Waals surface area contributed by atoms with Gasteiger partial charge in [-0.1, -0.05) is 170 Å². The van der Waals surface area contributed by atoms with Gasteiger partial charge in [0.05, 0.1) is 15.7 Å². The number of aromatic nitrogens is 4. The summed E-state index contributed by atoms with van der Waals surface area (Å²) in [7, 11) is 0. The minimum absolute atomic E-state index is 0.657. The van der Waals surface area contributed by atoms with Gasteiger partial charge in [-0.05, 0) is 46.5 Å². The van der Waals surface area contributed by atoms with Gasteiger partial charge >= 0.3 is 0 Å². The van der Waals surface area contributed by atoms with Gasteiger partial charge in [0.15, 0.2) is 17.5 Å². The van der Waals surface area contributed by atoms with Gasteiger partial charge in [-0.15, -0.1) is 11.3 Å². The SMILES string of the molecule is c1ccc(-c2ccc(-c3cccc(-n4c5ccccc5c5ccc6c7cccc(-c8nc(-c9ccccc9)nc(-c9ccccc9)n8)c7sc6c54)c3)cc2)cc1. The first-order chi connectivity index (χ1) is 27.8. The lowest BCUT2D eigenvalue weighted by molar-refractivity contribution is 1.08. The first-order valence-corrected chi connectivity index (χ1v) is 19.6. The van der Waals surface area contributed by atoms with E-state index < -0.39 is 0 Å². The van der Waals surface area contributed by atoms with E-state index >= 15 is 0 Å². The van der Waals surface area contributed by atoms with Crippen molar-refractivity contribution in [2.75, 3.05) is 0 Å². The Bertz CT molecular complexity index is 3160. The van der Waals surface area contributed by atoms with Crippen LogP contribution in [0.25, 0.3) is 104 Å². The fourth-order valence-electron chi connectivity index (χ4n) is 7.99. The largest absolute Gasteiger partial charge is 0.308 e. The van der Waals surface area contributed by atoms with E-state index in [1.165, 1.54) is 59.5 Å². The Kier molecular flexibility index (Phi) is 7.64. The van der Waals surface area contributed by atoms with Crippen molar-refractivity contribution < 1.29 is 0 Å².